The lowest BCUT2D eigenvalue weighted by atomic mass is 10.2. The monoisotopic (exact) mass is 299 g/mol. The Bertz CT molecular complexity index is 380. The van der Waals surface area contributed by atoms with E-state index in [9.17, 15) is 0 Å². The van der Waals surface area contributed by atoms with Crippen molar-refractivity contribution in [2.24, 2.45) is 0 Å². The first-order valence-corrected chi connectivity index (χ1v) is 6.61. The van der Waals surface area contributed by atoms with Crippen LogP contribution in [0.25, 0.3) is 0 Å². The van der Waals surface area contributed by atoms with Crippen LogP contribution in [-0.4, -0.2) is 44.4 Å². The van der Waals surface area contributed by atoms with Crippen molar-refractivity contribution >= 4 is 21.7 Å². The fraction of sp³-hybridized carbons (Fsp3) is 0.583. The molecule has 1 N–H and O–H groups in total. The molecule has 2 heterocycles. The Kier molecular flexibility index (Phi) is 4.36. The minimum atomic E-state index is 0.250. The molecule has 1 atom stereocenters. The molecule has 1 fully saturated rings. The Hall–Kier alpha value is -0.650. The van der Waals surface area contributed by atoms with E-state index in [0.717, 1.165) is 36.5 Å². The van der Waals surface area contributed by atoms with Gasteiger partial charge in [-0.2, -0.15) is 0 Å². The van der Waals surface area contributed by atoms with Gasteiger partial charge in [0.25, 0.3) is 0 Å². The van der Waals surface area contributed by atoms with Crippen LogP contribution in [0.4, 0.5) is 5.82 Å². The first-order chi connectivity index (χ1) is 8.16. The Morgan fingerprint density at radius 3 is 3.12 bits per heavy atom. The predicted octanol–water partition coefficient (Wildman–Crippen LogP) is 1.58. The van der Waals surface area contributed by atoms with Crippen molar-refractivity contribution in [2.75, 3.05) is 38.2 Å². The molecule has 4 nitrogen and oxygen atoms in total. The van der Waals surface area contributed by atoms with Crippen LogP contribution in [0.3, 0.4) is 0 Å². The second-order valence-corrected chi connectivity index (χ2v) is 5.22. The average molecular weight is 300 g/mol. The number of rotatable bonds is 3. The molecule has 1 aliphatic heterocycles. The zero-order valence-corrected chi connectivity index (χ0v) is 11.8. The molecule has 0 aromatic carbocycles. The number of morpholine rings is 1. The molecular formula is C12H18BrN3O. The average Bonchev–Trinajstić information content (AvgIpc) is 2.34. The molecule has 0 aliphatic carbocycles. The fourth-order valence-electron chi connectivity index (χ4n) is 1.87. The van der Waals surface area contributed by atoms with Crippen molar-refractivity contribution < 1.29 is 4.74 Å². The lowest BCUT2D eigenvalue weighted by molar-refractivity contribution is 0.0339. The summed E-state index contributed by atoms with van der Waals surface area (Å²) in [5, 5.41) is 3.33. The molecular weight excluding hydrogens is 282 g/mol. The van der Waals surface area contributed by atoms with Gasteiger partial charge in [0.15, 0.2) is 0 Å². The van der Waals surface area contributed by atoms with Gasteiger partial charge in [0.1, 0.15) is 5.82 Å². The van der Waals surface area contributed by atoms with Crippen LogP contribution in [0.15, 0.2) is 16.7 Å². The minimum Gasteiger partial charge on any atom is -0.374 e. The number of hydrogen-bond donors (Lipinski definition) is 1. The molecule has 1 saturated heterocycles. The number of aromatic nitrogens is 1. The zero-order valence-electron chi connectivity index (χ0n) is 10.2. The molecule has 0 radical (unpaired) electrons. The Labute approximate surface area is 110 Å². The highest BCUT2D eigenvalue weighted by molar-refractivity contribution is 9.10. The van der Waals surface area contributed by atoms with E-state index in [2.05, 4.69) is 44.1 Å². The smallest absolute Gasteiger partial charge is 0.128 e. The number of hydrogen-bond acceptors (Lipinski definition) is 4. The summed E-state index contributed by atoms with van der Waals surface area (Å²) >= 11 is 3.46. The van der Waals surface area contributed by atoms with Gasteiger partial charge in [0.2, 0.25) is 0 Å². The molecule has 2 rings (SSSR count). The van der Waals surface area contributed by atoms with Crippen LogP contribution in [0.5, 0.6) is 0 Å². The van der Waals surface area contributed by atoms with Crippen LogP contribution < -0.4 is 10.2 Å². The summed E-state index contributed by atoms with van der Waals surface area (Å²) in [6, 6.07) is 2.08. The van der Waals surface area contributed by atoms with E-state index in [1.807, 2.05) is 13.2 Å². The quantitative estimate of drug-likeness (QED) is 0.919. The molecule has 94 valence electrons. The van der Waals surface area contributed by atoms with Gasteiger partial charge in [0.05, 0.1) is 12.7 Å². The number of nitrogens with one attached hydrogen (secondary N) is 1. The van der Waals surface area contributed by atoms with Crippen LogP contribution in [0.2, 0.25) is 0 Å². The molecule has 0 bridgehead atoms. The largest absolute Gasteiger partial charge is 0.374 e. The summed E-state index contributed by atoms with van der Waals surface area (Å²) in [6.45, 7) is 5.60. The van der Waals surface area contributed by atoms with Crippen molar-refractivity contribution in [1.29, 1.82) is 0 Å². The van der Waals surface area contributed by atoms with Gasteiger partial charge in [-0.25, -0.2) is 4.98 Å². The molecule has 5 heteroatoms. The standard InChI is InChI=1S/C12H18BrN3O/c1-9-5-12(15-7-11(9)13)16(2)8-10-6-14-3-4-17-10/h5,7,10,14H,3-4,6,8H2,1-2H3. The van der Waals surface area contributed by atoms with Gasteiger partial charge in [-0.15, -0.1) is 0 Å². The molecule has 17 heavy (non-hydrogen) atoms. The van der Waals surface area contributed by atoms with Gasteiger partial charge in [0, 0.05) is 37.4 Å². The van der Waals surface area contributed by atoms with Crippen molar-refractivity contribution in [1.82, 2.24) is 10.3 Å². The number of halogens is 1. The highest BCUT2D eigenvalue weighted by atomic mass is 79.9. The van der Waals surface area contributed by atoms with Crippen molar-refractivity contribution in [3.8, 4) is 0 Å². The highest BCUT2D eigenvalue weighted by Gasteiger charge is 2.16. The second kappa shape index (κ2) is 5.80. The third kappa shape index (κ3) is 3.40. The van der Waals surface area contributed by atoms with Gasteiger partial charge in [-0.3, -0.25) is 0 Å². The number of aryl methyl sites for hydroxylation is 1. The van der Waals surface area contributed by atoms with E-state index in [4.69, 9.17) is 4.74 Å². The summed E-state index contributed by atoms with van der Waals surface area (Å²) < 4.78 is 6.73. The second-order valence-electron chi connectivity index (χ2n) is 4.37. The van der Waals surface area contributed by atoms with Gasteiger partial charge in [-0.1, -0.05) is 0 Å². The number of pyridine rings is 1. The van der Waals surface area contributed by atoms with E-state index < -0.39 is 0 Å². The maximum atomic E-state index is 5.68. The zero-order chi connectivity index (χ0) is 12.3. The summed E-state index contributed by atoms with van der Waals surface area (Å²) in [5.41, 5.74) is 1.20. The molecule has 1 unspecified atom stereocenters. The number of anilines is 1. The number of nitrogens with zero attached hydrogens (tertiary/aromatic N) is 2. The molecule has 1 aromatic heterocycles. The summed E-state index contributed by atoms with van der Waals surface area (Å²) in [7, 11) is 2.05. The number of likely N-dealkylation sites (N-methyl/N-ethyl adjacent to an activating group) is 1. The van der Waals surface area contributed by atoms with Gasteiger partial charge < -0.3 is 15.0 Å². The van der Waals surface area contributed by atoms with Crippen LogP contribution in [0, 0.1) is 6.92 Å². The molecule has 0 spiro atoms. The van der Waals surface area contributed by atoms with Crippen LogP contribution >= 0.6 is 15.9 Å². The third-order valence-corrected chi connectivity index (χ3v) is 3.74. The first kappa shape index (κ1) is 12.8. The first-order valence-electron chi connectivity index (χ1n) is 5.82. The van der Waals surface area contributed by atoms with Crippen LogP contribution in [-0.2, 0) is 4.74 Å². The van der Waals surface area contributed by atoms with Gasteiger partial charge >= 0.3 is 0 Å². The van der Waals surface area contributed by atoms with Crippen LogP contribution in [0.1, 0.15) is 5.56 Å². The van der Waals surface area contributed by atoms with E-state index in [0.29, 0.717) is 0 Å². The maximum Gasteiger partial charge on any atom is 0.128 e. The summed E-state index contributed by atoms with van der Waals surface area (Å²) in [6.07, 6.45) is 2.10. The predicted molar refractivity (Wildman–Crippen MR) is 72.6 cm³/mol. The van der Waals surface area contributed by atoms with Crippen molar-refractivity contribution in [2.45, 2.75) is 13.0 Å². The lowest BCUT2D eigenvalue weighted by Gasteiger charge is -2.28. The molecule has 0 saturated carbocycles. The fourth-order valence-corrected chi connectivity index (χ4v) is 2.09. The molecule has 1 aliphatic rings. The Morgan fingerprint density at radius 2 is 2.47 bits per heavy atom. The molecule has 1 aromatic rings. The topological polar surface area (TPSA) is 37.4 Å². The normalized spacial score (nSPS) is 20.3. The Morgan fingerprint density at radius 1 is 1.65 bits per heavy atom. The Balaban J connectivity index is 1.98. The minimum absolute atomic E-state index is 0.250. The summed E-state index contributed by atoms with van der Waals surface area (Å²) in [4.78, 5) is 6.54. The summed E-state index contributed by atoms with van der Waals surface area (Å²) in [5.74, 6) is 0.986. The van der Waals surface area contributed by atoms with E-state index in [1.54, 1.807) is 0 Å². The molecule has 0 amide bonds. The third-order valence-electron chi connectivity index (χ3n) is 2.91. The van der Waals surface area contributed by atoms with E-state index in [-0.39, 0.29) is 6.10 Å². The van der Waals surface area contributed by atoms with Gasteiger partial charge in [-0.05, 0) is 34.5 Å². The van der Waals surface area contributed by atoms with E-state index >= 15 is 0 Å². The highest BCUT2D eigenvalue weighted by Crippen LogP contribution is 2.19. The van der Waals surface area contributed by atoms with Crippen molar-refractivity contribution in [3.05, 3.63) is 22.3 Å². The van der Waals surface area contributed by atoms with E-state index in [1.165, 1.54) is 5.56 Å². The maximum absolute atomic E-state index is 5.68. The number of ether oxygens (including phenoxy) is 1. The van der Waals surface area contributed by atoms with Crippen molar-refractivity contribution in [3.63, 3.8) is 0 Å². The lowest BCUT2D eigenvalue weighted by Crippen LogP contribution is -2.44. The SMILES string of the molecule is Cc1cc(N(C)CC2CNCCO2)ncc1Br.